The van der Waals surface area contributed by atoms with Gasteiger partial charge < -0.3 is 67.4 Å². The van der Waals surface area contributed by atoms with Crippen molar-refractivity contribution < 1.29 is 105 Å². The first-order valence-corrected chi connectivity index (χ1v) is 43.0. The number of aromatic amines is 3. The average molecular weight is 1930 g/mol. The van der Waals surface area contributed by atoms with Gasteiger partial charge in [-0.05, 0) is 263 Å². The molecule has 0 unspecified atom stereocenters. The molecule has 0 aliphatic rings. The third kappa shape index (κ3) is 23.6. The van der Waals surface area contributed by atoms with Crippen LogP contribution < -0.4 is 5.59 Å². The molecule has 11 heterocycles. The second-order valence-corrected chi connectivity index (χ2v) is 37.0. The van der Waals surface area contributed by atoms with Crippen molar-refractivity contribution in [1.82, 2.24) is 53.4 Å². The Labute approximate surface area is 765 Å². The molecule has 0 aliphatic heterocycles. The molecule has 0 fully saturated rings. The van der Waals surface area contributed by atoms with Crippen LogP contribution in [-0.2, 0) is 47.4 Å². The summed E-state index contributed by atoms with van der Waals surface area (Å²) in [7, 11) is 4.76. The van der Waals surface area contributed by atoms with Crippen molar-refractivity contribution >= 4 is 215 Å². The lowest BCUT2D eigenvalue weighted by Crippen LogP contribution is -2.41. The number of carbonyl (C=O) groups excluding carboxylic acids is 10. The van der Waals surface area contributed by atoms with Crippen molar-refractivity contribution in [2.75, 3.05) is 35.5 Å². The minimum atomic E-state index is -1.86. The molecule has 0 aliphatic carbocycles. The van der Waals surface area contributed by atoms with Crippen LogP contribution in [0.2, 0.25) is 0 Å². The smallest absolute Gasteiger partial charge is 0.465 e. The number of benzene rings is 5. The van der Waals surface area contributed by atoms with E-state index in [1.165, 1.54) is 83.6 Å². The number of thiophene rings is 3. The molecule has 5 aromatic carbocycles. The van der Waals surface area contributed by atoms with Gasteiger partial charge in [0, 0.05) is 39.6 Å². The number of aromatic nitrogens is 11. The van der Waals surface area contributed by atoms with Crippen LogP contribution in [0.5, 0.6) is 0 Å². The highest BCUT2D eigenvalue weighted by molar-refractivity contribution is 14.1. The van der Waals surface area contributed by atoms with Crippen molar-refractivity contribution in [3.63, 3.8) is 0 Å². The number of ether oxygens (including phenoxy) is 10. The van der Waals surface area contributed by atoms with Crippen molar-refractivity contribution in [2.45, 2.75) is 139 Å². The Kier molecular flexibility index (Phi) is 30.3. The molecule has 0 saturated carbocycles. The van der Waals surface area contributed by atoms with Gasteiger partial charge in [0.15, 0.2) is 0 Å². The summed E-state index contributed by atoms with van der Waals surface area (Å²) >= 11 is 6.73. The summed E-state index contributed by atoms with van der Waals surface area (Å²) in [4.78, 5) is 127. The Hall–Kier alpha value is -13.3. The number of nitrogens with zero attached hydrogens (tertiary/aromatic N) is 8. The number of halogens is 1. The standard InChI is InChI=1S/C25H27N3O6S.C15H18BNO6.C15H11N3O2S.C15H17NO4.C10H11IN2O2S.C10H9NO2.CH4/c1-24(2,3)33-22(30)27-17-13-15(21(29)32-7)9-8-14(17)12-18(27)19-20-16(10-11-35-20)28(26-19)23(31)34-25(4,5)6;1-15(2,3)23-14(19)17-11-7-10(13(18)22-4)6-5-9(11)8-12(17)16(20)21;1-20-15(19)9-3-2-8-6-12(16-11(8)7-9)13-14-10(17-18-13)4-5-21-14;1-15(2,3)20-14(18)16-8-7-10-5-6-11(9-12(10)16)13(17)19-4;1-10(2,3)15-9(14)13-6-4-5-16-7(6)8(11)12-13;1-13-10(12)8-3-2-7-4-5-11-9(7)6-8;/h8-13H,1-7H3;5-8,20-21H,1-4H3;2-7,16H,1H3,(H,17,18);5-9H,1-4H3;4-5H,1-3H3;2-6,11H,1H3;1H4. The molecule has 0 saturated heterocycles. The van der Waals surface area contributed by atoms with Crippen LogP contribution in [0.4, 0.5) is 24.0 Å². The third-order valence-electron chi connectivity index (χ3n) is 18.0. The molecule has 5 N–H and O–H groups in total. The van der Waals surface area contributed by atoms with E-state index in [2.05, 4.69) is 67.2 Å². The Morgan fingerprint density at radius 1 is 0.388 bits per heavy atom. The third-order valence-corrected chi connectivity index (χ3v) is 21.8. The maximum atomic E-state index is 13.4. The predicted octanol–water partition coefficient (Wildman–Crippen LogP) is 19.8. The second-order valence-electron chi connectivity index (χ2n) is 33.2. The van der Waals surface area contributed by atoms with E-state index in [-0.39, 0.29) is 36.1 Å². The Bertz CT molecular complexity index is 6890. The van der Waals surface area contributed by atoms with E-state index in [1.807, 2.05) is 79.5 Å². The summed E-state index contributed by atoms with van der Waals surface area (Å²) in [6.45, 7) is 26.7. The zero-order valence-electron chi connectivity index (χ0n) is 73.5. The summed E-state index contributed by atoms with van der Waals surface area (Å²) < 4.78 is 60.6. The topological polar surface area (TPSA) is 414 Å². The summed E-state index contributed by atoms with van der Waals surface area (Å²) in [5.74, 6) is -2.18. The zero-order valence-corrected chi connectivity index (χ0v) is 78.1. The van der Waals surface area contributed by atoms with Crippen LogP contribution in [0.1, 0.15) is 163 Å². The number of methoxy groups -OCH3 is 5. The summed E-state index contributed by atoms with van der Waals surface area (Å²) in [5, 5.41) is 45.2. The minimum absolute atomic E-state index is 0. The van der Waals surface area contributed by atoms with Gasteiger partial charge in [-0.1, -0.05) is 37.8 Å². The van der Waals surface area contributed by atoms with Crippen LogP contribution in [0, 0.1) is 3.70 Å². The van der Waals surface area contributed by atoms with Crippen LogP contribution >= 0.6 is 56.6 Å². The molecule has 0 bridgehead atoms. The number of rotatable bonds is 8. The number of hydrogen-bond donors (Lipinski definition) is 5. The molecule has 129 heavy (non-hydrogen) atoms. The maximum absolute atomic E-state index is 13.4. The van der Waals surface area contributed by atoms with E-state index in [9.17, 15) is 58.0 Å². The molecule has 33 nitrogen and oxygen atoms in total. The molecule has 0 radical (unpaired) electrons. The van der Waals surface area contributed by atoms with Gasteiger partial charge in [0.1, 0.15) is 43.1 Å². The maximum Gasteiger partial charge on any atom is 0.506 e. The van der Waals surface area contributed by atoms with Gasteiger partial charge in [-0.2, -0.15) is 24.7 Å². The van der Waals surface area contributed by atoms with E-state index < -0.39 is 83.5 Å². The van der Waals surface area contributed by atoms with Gasteiger partial charge in [-0.25, -0.2) is 52.5 Å². The Balaban J connectivity index is 0.000000165. The molecule has 16 rings (SSSR count). The molecular formula is C91H97BIN11O22S3. The van der Waals surface area contributed by atoms with Crippen LogP contribution in [0.3, 0.4) is 0 Å². The lowest BCUT2D eigenvalue weighted by Gasteiger charge is -2.21. The molecule has 0 atom stereocenters. The highest BCUT2D eigenvalue weighted by Gasteiger charge is 2.32. The van der Waals surface area contributed by atoms with Gasteiger partial charge in [0.05, 0.1) is 128 Å². The van der Waals surface area contributed by atoms with E-state index in [1.54, 1.807) is 197 Å². The number of esters is 5. The average Bonchev–Trinajstić information content (AvgIpc) is 1.58. The van der Waals surface area contributed by atoms with E-state index in [4.69, 9.17) is 33.2 Å². The highest BCUT2D eigenvalue weighted by atomic mass is 127. The van der Waals surface area contributed by atoms with Gasteiger partial charge in [0.25, 0.3) is 0 Å². The van der Waals surface area contributed by atoms with Crippen molar-refractivity contribution in [3.05, 3.63) is 200 Å². The first-order chi connectivity index (χ1) is 60.2. The van der Waals surface area contributed by atoms with E-state index >= 15 is 0 Å². The highest BCUT2D eigenvalue weighted by Crippen LogP contribution is 2.38. The molecular weight excluding hydrogens is 1830 g/mol. The van der Waals surface area contributed by atoms with E-state index in [0.29, 0.717) is 65.6 Å². The number of H-pyrrole nitrogens is 3. The van der Waals surface area contributed by atoms with Crippen LogP contribution in [0.25, 0.3) is 108 Å². The lowest BCUT2D eigenvalue weighted by molar-refractivity contribution is 0.0511. The Morgan fingerprint density at radius 2 is 0.798 bits per heavy atom. The second kappa shape index (κ2) is 39.9. The number of carbonyl (C=O) groups is 10. The summed E-state index contributed by atoms with van der Waals surface area (Å²) in [6, 6.07) is 40.1. The fraction of sp³-hybridized carbons (Fsp3) is 0.286. The summed E-state index contributed by atoms with van der Waals surface area (Å²) in [5.41, 5.74) is 6.96. The number of nitrogens with one attached hydrogen (secondary N) is 3. The van der Waals surface area contributed by atoms with Crippen molar-refractivity contribution in [2.24, 2.45) is 0 Å². The quantitative estimate of drug-likeness (QED) is 0.0408. The molecule has 38 heteroatoms. The monoisotopic (exact) mass is 1930 g/mol. The fourth-order valence-electron chi connectivity index (χ4n) is 12.6. The number of hydrogen-bond acceptors (Lipinski definition) is 28. The predicted molar refractivity (Wildman–Crippen MR) is 504 cm³/mol. The summed E-state index contributed by atoms with van der Waals surface area (Å²) in [6.07, 6.45) is 0.526. The number of fused-ring (bicyclic) bond motifs is 8. The molecule has 16 aromatic rings. The minimum Gasteiger partial charge on any atom is -0.465 e. The fourth-order valence-corrected chi connectivity index (χ4v) is 15.9. The molecule has 0 amide bonds. The van der Waals surface area contributed by atoms with Crippen molar-refractivity contribution in [1.29, 1.82) is 0 Å². The van der Waals surface area contributed by atoms with Gasteiger partial charge in [-0.3, -0.25) is 14.2 Å². The van der Waals surface area contributed by atoms with Crippen LogP contribution in [-0.4, -0.2) is 194 Å². The first-order valence-electron chi connectivity index (χ1n) is 39.3. The van der Waals surface area contributed by atoms with E-state index in [0.717, 1.165) is 67.3 Å². The SMILES string of the molecule is C.CC(C)(C)OC(=O)n1nc(I)c2sccc21.COC(=O)c1ccc2cc(-c3n[nH]c4ccsc34)[nH]c2c1.COC(=O)c1ccc2cc(-c3nn(C(=O)OC(C)(C)C)c4ccsc34)n(C(=O)OC(C)(C)C)c2c1.COC(=O)c1ccc2cc(B(O)O)n(C(=O)OC(C)(C)C)c2c1.COC(=O)c1ccc2cc[nH]c2c1.COC(=O)c1ccc2ccn(C(=O)OC(C)(C)C)c2c1. The zero-order chi connectivity index (χ0) is 93.6. The molecule has 0 spiro atoms. The normalized spacial score (nSPS) is 11.5. The Morgan fingerprint density at radius 3 is 1.31 bits per heavy atom. The van der Waals surface area contributed by atoms with Gasteiger partial charge in [-0.15, -0.1) is 34.0 Å². The largest absolute Gasteiger partial charge is 0.506 e. The van der Waals surface area contributed by atoms with Crippen LogP contribution in [0.15, 0.2) is 168 Å². The molecule has 676 valence electrons. The van der Waals surface area contributed by atoms with Crippen molar-refractivity contribution in [3.8, 4) is 22.8 Å². The van der Waals surface area contributed by atoms with Gasteiger partial charge >= 0.3 is 67.4 Å². The van der Waals surface area contributed by atoms with Gasteiger partial charge in [0.2, 0.25) is 0 Å². The first kappa shape index (κ1) is 97.9. The molecule has 11 aromatic heterocycles. The lowest BCUT2D eigenvalue weighted by atomic mass is 9.86.